The van der Waals surface area contributed by atoms with Gasteiger partial charge in [0.25, 0.3) is 0 Å². The van der Waals surface area contributed by atoms with Gasteiger partial charge in [-0.25, -0.2) is 4.99 Å². The molecule has 0 radical (unpaired) electrons. The van der Waals surface area contributed by atoms with Gasteiger partial charge in [0.05, 0.1) is 0 Å². The largest absolute Gasteiger partial charge is 0.508 e. The van der Waals surface area contributed by atoms with Crippen molar-refractivity contribution in [2.45, 2.75) is 13.0 Å². The van der Waals surface area contributed by atoms with Crippen molar-refractivity contribution >= 4 is 28.1 Å². The van der Waals surface area contributed by atoms with Gasteiger partial charge in [-0.05, 0) is 18.2 Å². The van der Waals surface area contributed by atoms with E-state index < -0.39 is 0 Å². The van der Waals surface area contributed by atoms with Gasteiger partial charge in [0.1, 0.15) is 17.9 Å². The van der Waals surface area contributed by atoms with Crippen LogP contribution in [0.15, 0.2) is 32.7 Å². The molecule has 0 atom stereocenters. The van der Waals surface area contributed by atoms with Crippen molar-refractivity contribution in [1.29, 1.82) is 0 Å². The number of nitrogens with zero attached hydrogens (tertiary/aromatic N) is 4. The predicted octanol–water partition coefficient (Wildman–Crippen LogP) is 2.10. The summed E-state index contributed by atoms with van der Waals surface area (Å²) in [7, 11) is 0. The van der Waals surface area contributed by atoms with Gasteiger partial charge in [-0.15, -0.1) is 0 Å². The predicted molar refractivity (Wildman–Crippen MR) is 88.1 cm³/mol. The molecule has 0 spiro atoms. The van der Waals surface area contributed by atoms with Crippen LogP contribution in [-0.4, -0.2) is 59.8 Å². The minimum atomic E-state index is 0.369. The first-order valence-electron chi connectivity index (χ1n) is 7.22. The van der Waals surface area contributed by atoms with E-state index in [0.717, 1.165) is 61.6 Å². The molecule has 0 amide bonds. The van der Waals surface area contributed by atoms with Gasteiger partial charge < -0.3 is 10.0 Å². The van der Waals surface area contributed by atoms with Gasteiger partial charge in [-0.3, -0.25) is 9.89 Å². The molecule has 2 heterocycles. The van der Waals surface area contributed by atoms with Crippen molar-refractivity contribution in [3.63, 3.8) is 0 Å². The summed E-state index contributed by atoms with van der Waals surface area (Å²) in [5.74, 6) is 1.53. The number of hydrogen-bond donors (Lipinski definition) is 1. The molecule has 1 fully saturated rings. The first kappa shape index (κ1) is 14.5. The fourth-order valence-corrected chi connectivity index (χ4v) is 3.13. The number of benzene rings is 1. The average Bonchev–Trinajstić information content (AvgIpc) is 2.53. The number of phenols is 1. The van der Waals surface area contributed by atoms with E-state index in [2.05, 4.69) is 35.7 Å². The molecule has 1 saturated heterocycles. The Morgan fingerprint density at radius 2 is 2.00 bits per heavy atom. The first-order valence-corrected chi connectivity index (χ1v) is 8.01. The van der Waals surface area contributed by atoms with E-state index in [4.69, 9.17) is 0 Å². The highest BCUT2D eigenvalue weighted by molar-refractivity contribution is 9.10. The van der Waals surface area contributed by atoms with E-state index in [1.54, 1.807) is 12.4 Å². The van der Waals surface area contributed by atoms with E-state index >= 15 is 0 Å². The summed E-state index contributed by atoms with van der Waals surface area (Å²) in [5, 5.41) is 9.93. The molecule has 0 aromatic heterocycles. The van der Waals surface area contributed by atoms with Crippen molar-refractivity contribution in [3.8, 4) is 5.75 Å². The third-order valence-corrected chi connectivity index (χ3v) is 4.42. The van der Waals surface area contributed by atoms with Crippen LogP contribution in [-0.2, 0) is 6.54 Å². The highest BCUT2D eigenvalue weighted by Gasteiger charge is 2.20. The van der Waals surface area contributed by atoms with E-state index in [0.29, 0.717) is 5.75 Å². The summed E-state index contributed by atoms with van der Waals surface area (Å²) in [5.41, 5.74) is 0.972. The minimum Gasteiger partial charge on any atom is -0.508 e. The van der Waals surface area contributed by atoms with Crippen LogP contribution in [0.2, 0.25) is 0 Å². The lowest BCUT2D eigenvalue weighted by Crippen LogP contribution is -2.48. The molecule has 0 bridgehead atoms. The Labute approximate surface area is 133 Å². The number of hydrogen-bond acceptors (Lipinski definition) is 5. The molecule has 3 rings (SSSR count). The molecule has 1 N–H and O–H groups in total. The SMILES string of the molecule is Oc1ccc(Br)cc1CN1CCN(C2=NC=NCC2)CC1. The fourth-order valence-electron chi connectivity index (χ4n) is 2.72. The van der Waals surface area contributed by atoms with Crippen LogP contribution in [0.25, 0.3) is 0 Å². The number of aliphatic imine (C=N–C) groups is 2. The molecule has 21 heavy (non-hydrogen) atoms. The lowest BCUT2D eigenvalue weighted by molar-refractivity contribution is 0.172. The average molecular weight is 351 g/mol. The number of rotatable bonds is 2. The summed E-state index contributed by atoms with van der Waals surface area (Å²) < 4.78 is 1.00. The Kier molecular flexibility index (Phi) is 4.55. The summed E-state index contributed by atoms with van der Waals surface area (Å²) in [4.78, 5) is 13.2. The zero-order chi connectivity index (χ0) is 14.7. The van der Waals surface area contributed by atoms with Crippen molar-refractivity contribution in [1.82, 2.24) is 9.80 Å². The quantitative estimate of drug-likeness (QED) is 0.888. The molecule has 1 aromatic rings. The third kappa shape index (κ3) is 3.63. The Morgan fingerprint density at radius 1 is 1.19 bits per heavy atom. The molecule has 0 unspecified atom stereocenters. The second-order valence-corrected chi connectivity index (χ2v) is 6.27. The Balaban J connectivity index is 1.57. The lowest BCUT2D eigenvalue weighted by atomic mass is 10.1. The Hall–Kier alpha value is -1.40. The standard InChI is InChI=1S/C15H19BrN4O/c16-13-1-2-14(21)12(9-13)10-19-5-7-20(8-6-19)15-3-4-17-11-18-15/h1-2,9,11,21H,3-8,10H2. The summed E-state index contributed by atoms with van der Waals surface area (Å²) in [6.07, 6.45) is 2.62. The molecule has 5 nitrogen and oxygen atoms in total. The number of piperazine rings is 1. The molecule has 0 aliphatic carbocycles. The first-order chi connectivity index (χ1) is 10.2. The number of amidine groups is 1. The second kappa shape index (κ2) is 6.58. The highest BCUT2D eigenvalue weighted by Crippen LogP contribution is 2.23. The molecule has 112 valence electrons. The van der Waals surface area contributed by atoms with Gasteiger partial charge in [0.15, 0.2) is 0 Å². The fraction of sp³-hybridized carbons (Fsp3) is 0.467. The molecule has 1 aromatic carbocycles. The monoisotopic (exact) mass is 350 g/mol. The van der Waals surface area contributed by atoms with Crippen LogP contribution in [0.3, 0.4) is 0 Å². The number of aromatic hydroxyl groups is 1. The molecular weight excluding hydrogens is 332 g/mol. The molecule has 0 saturated carbocycles. The van der Waals surface area contributed by atoms with Crippen molar-refractivity contribution < 1.29 is 5.11 Å². The van der Waals surface area contributed by atoms with Crippen LogP contribution in [0.5, 0.6) is 5.75 Å². The maximum atomic E-state index is 9.93. The van der Waals surface area contributed by atoms with Crippen LogP contribution in [0, 0.1) is 0 Å². The number of halogens is 1. The normalized spacial score (nSPS) is 19.7. The van der Waals surface area contributed by atoms with Gasteiger partial charge in [0, 0.05) is 55.7 Å². The van der Waals surface area contributed by atoms with E-state index in [-0.39, 0.29) is 0 Å². The highest BCUT2D eigenvalue weighted by atomic mass is 79.9. The lowest BCUT2D eigenvalue weighted by Gasteiger charge is -2.36. The van der Waals surface area contributed by atoms with Crippen LogP contribution < -0.4 is 0 Å². The minimum absolute atomic E-state index is 0.369. The van der Waals surface area contributed by atoms with E-state index in [9.17, 15) is 5.11 Å². The summed E-state index contributed by atoms with van der Waals surface area (Å²) in [6.45, 7) is 5.59. The molecular formula is C15H19BrN4O. The zero-order valence-corrected chi connectivity index (χ0v) is 13.5. The van der Waals surface area contributed by atoms with E-state index in [1.165, 1.54) is 0 Å². The van der Waals surface area contributed by atoms with Gasteiger partial charge in [0.2, 0.25) is 0 Å². The second-order valence-electron chi connectivity index (χ2n) is 5.35. The summed E-state index contributed by atoms with van der Waals surface area (Å²) >= 11 is 3.46. The maximum absolute atomic E-state index is 9.93. The Morgan fingerprint density at radius 3 is 2.71 bits per heavy atom. The third-order valence-electron chi connectivity index (χ3n) is 3.93. The smallest absolute Gasteiger partial charge is 0.120 e. The van der Waals surface area contributed by atoms with Crippen LogP contribution in [0.1, 0.15) is 12.0 Å². The molecule has 6 heteroatoms. The summed E-state index contributed by atoms with van der Waals surface area (Å²) in [6, 6.07) is 5.59. The Bertz CT molecular complexity index is 565. The maximum Gasteiger partial charge on any atom is 0.120 e. The zero-order valence-electron chi connectivity index (χ0n) is 11.9. The van der Waals surface area contributed by atoms with Gasteiger partial charge in [-0.2, -0.15) is 0 Å². The van der Waals surface area contributed by atoms with Gasteiger partial charge in [-0.1, -0.05) is 15.9 Å². The van der Waals surface area contributed by atoms with Crippen molar-refractivity contribution in [3.05, 3.63) is 28.2 Å². The molecule has 2 aliphatic heterocycles. The van der Waals surface area contributed by atoms with Gasteiger partial charge >= 0.3 is 0 Å². The molecule has 2 aliphatic rings. The number of phenolic OH excluding ortho intramolecular Hbond substituents is 1. The van der Waals surface area contributed by atoms with E-state index in [1.807, 2.05) is 12.1 Å². The van der Waals surface area contributed by atoms with Crippen LogP contribution in [0.4, 0.5) is 0 Å². The van der Waals surface area contributed by atoms with Crippen molar-refractivity contribution in [2.24, 2.45) is 9.98 Å². The topological polar surface area (TPSA) is 51.4 Å². The van der Waals surface area contributed by atoms with Crippen molar-refractivity contribution in [2.75, 3.05) is 32.7 Å². The van der Waals surface area contributed by atoms with Crippen LogP contribution >= 0.6 is 15.9 Å².